The van der Waals surface area contributed by atoms with Gasteiger partial charge >= 0.3 is 7.12 Å². The topological polar surface area (TPSA) is 48.3 Å². The molecule has 1 N–H and O–H groups in total. The van der Waals surface area contributed by atoms with Gasteiger partial charge in [-0.1, -0.05) is 5.92 Å². The lowest BCUT2D eigenvalue weighted by Gasteiger charge is -2.33. The maximum atomic E-state index is 6.08. The van der Waals surface area contributed by atoms with Crippen LogP contribution in [0, 0.1) is 12.3 Å². The van der Waals surface area contributed by atoms with Crippen molar-refractivity contribution in [3.05, 3.63) is 12.4 Å². The van der Waals surface area contributed by atoms with Crippen molar-refractivity contribution in [2.75, 3.05) is 13.1 Å². The molecule has 3 heterocycles. The van der Waals surface area contributed by atoms with E-state index in [1.54, 1.807) is 0 Å². The van der Waals surface area contributed by atoms with Crippen molar-refractivity contribution < 1.29 is 9.31 Å². The zero-order chi connectivity index (χ0) is 16.0. The first kappa shape index (κ1) is 15.6. The van der Waals surface area contributed by atoms with Crippen LogP contribution in [-0.2, 0) is 14.8 Å². The molecule has 2 aliphatic rings. The second-order valence-electron chi connectivity index (χ2n) is 7.23. The maximum Gasteiger partial charge on any atom is 0.498 e. The van der Waals surface area contributed by atoms with E-state index in [4.69, 9.17) is 15.7 Å². The van der Waals surface area contributed by atoms with Crippen molar-refractivity contribution in [3.63, 3.8) is 0 Å². The summed E-state index contributed by atoms with van der Waals surface area (Å²) in [5.41, 5.74) is -0.115. The molecule has 22 heavy (non-hydrogen) atoms. The van der Waals surface area contributed by atoms with Gasteiger partial charge < -0.3 is 14.6 Å². The van der Waals surface area contributed by atoms with E-state index in [9.17, 15) is 0 Å². The first-order chi connectivity index (χ1) is 10.3. The largest absolute Gasteiger partial charge is 0.498 e. The summed E-state index contributed by atoms with van der Waals surface area (Å²) in [4.78, 5) is 0. The predicted octanol–water partition coefficient (Wildman–Crippen LogP) is 0.894. The van der Waals surface area contributed by atoms with Gasteiger partial charge in [0.15, 0.2) is 0 Å². The number of aromatic nitrogens is 2. The molecule has 3 rings (SSSR count). The van der Waals surface area contributed by atoms with Crippen LogP contribution in [0.4, 0.5) is 0 Å². The highest BCUT2D eigenvalue weighted by Crippen LogP contribution is 2.36. The monoisotopic (exact) mass is 301 g/mol. The third-order valence-electron chi connectivity index (χ3n) is 5.27. The summed E-state index contributed by atoms with van der Waals surface area (Å²) >= 11 is 0. The Balaban J connectivity index is 1.85. The third-order valence-corrected chi connectivity index (χ3v) is 5.27. The van der Waals surface area contributed by atoms with E-state index in [1.807, 2.05) is 44.8 Å². The average molecular weight is 301 g/mol. The van der Waals surface area contributed by atoms with Crippen LogP contribution in [0.5, 0.6) is 0 Å². The van der Waals surface area contributed by atoms with Crippen LogP contribution >= 0.6 is 0 Å². The van der Waals surface area contributed by atoms with Gasteiger partial charge in [0.25, 0.3) is 0 Å². The molecule has 2 aliphatic heterocycles. The zero-order valence-electron chi connectivity index (χ0n) is 13.8. The van der Waals surface area contributed by atoms with Gasteiger partial charge in [-0.2, -0.15) is 5.10 Å². The van der Waals surface area contributed by atoms with E-state index < -0.39 is 7.12 Å². The lowest BCUT2D eigenvalue weighted by molar-refractivity contribution is 0.00578. The van der Waals surface area contributed by atoms with Gasteiger partial charge in [0.2, 0.25) is 0 Å². The van der Waals surface area contributed by atoms with Crippen molar-refractivity contribution in [1.29, 1.82) is 0 Å². The molecular weight excluding hydrogens is 277 g/mol. The summed E-state index contributed by atoms with van der Waals surface area (Å²) in [5, 5.41) is 7.85. The summed E-state index contributed by atoms with van der Waals surface area (Å²) in [7, 11) is -0.393. The molecule has 1 aromatic heterocycles. The fourth-order valence-corrected chi connectivity index (χ4v) is 2.95. The predicted molar refractivity (Wildman–Crippen MR) is 86.9 cm³/mol. The Kier molecular flexibility index (Phi) is 3.63. The summed E-state index contributed by atoms with van der Waals surface area (Å²) in [6, 6.07) is 0. The van der Waals surface area contributed by atoms with Crippen LogP contribution in [0.1, 0.15) is 40.5 Å². The summed E-state index contributed by atoms with van der Waals surface area (Å²) in [6.45, 7) is 10.0. The number of hydrogen-bond donors (Lipinski definition) is 1. The van der Waals surface area contributed by atoms with Gasteiger partial charge in [-0.05, 0) is 53.6 Å². The molecule has 5 nitrogen and oxygen atoms in total. The Bertz CT molecular complexity index is 581. The Labute approximate surface area is 132 Å². The van der Waals surface area contributed by atoms with Crippen molar-refractivity contribution in [3.8, 4) is 12.3 Å². The van der Waals surface area contributed by atoms with Crippen LogP contribution in [0.15, 0.2) is 12.4 Å². The smallest absolute Gasteiger partial charge is 0.399 e. The average Bonchev–Trinajstić information content (AvgIpc) is 3.04. The first-order valence-electron chi connectivity index (χ1n) is 7.89. The minimum atomic E-state index is -0.393. The maximum absolute atomic E-state index is 6.08. The third kappa shape index (κ3) is 2.38. The van der Waals surface area contributed by atoms with Crippen LogP contribution in [0.2, 0.25) is 0 Å². The second kappa shape index (κ2) is 5.12. The SMILES string of the molecule is C#CC1(n2cc(B3OC(C)(C)C(C)(C)O3)cn2)CCNCC1. The molecule has 1 aromatic rings. The van der Waals surface area contributed by atoms with Gasteiger partial charge in [-0.15, -0.1) is 6.42 Å². The number of nitrogens with one attached hydrogen (secondary N) is 1. The van der Waals surface area contributed by atoms with Crippen molar-refractivity contribution in [2.24, 2.45) is 0 Å². The van der Waals surface area contributed by atoms with Gasteiger partial charge in [0.05, 0.1) is 11.2 Å². The number of rotatable bonds is 2. The fourth-order valence-electron chi connectivity index (χ4n) is 2.95. The van der Waals surface area contributed by atoms with E-state index in [1.165, 1.54) is 0 Å². The van der Waals surface area contributed by atoms with E-state index >= 15 is 0 Å². The van der Waals surface area contributed by atoms with Gasteiger partial charge in [-0.3, -0.25) is 4.68 Å². The van der Waals surface area contributed by atoms with Gasteiger partial charge in [-0.25, -0.2) is 0 Å². The van der Waals surface area contributed by atoms with Crippen LogP contribution in [0.25, 0.3) is 0 Å². The number of terminal acetylenes is 1. The minimum absolute atomic E-state index is 0.340. The fraction of sp³-hybridized carbons (Fsp3) is 0.688. The minimum Gasteiger partial charge on any atom is -0.399 e. The molecule has 0 bridgehead atoms. The van der Waals surface area contributed by atoms with E-state index in [2.05, 4.69) is 16.3 Å². The standard InChI is InChI=1S/C16H24BN3O2/c1-6-16(7-9-18-10-8-16)20-12-13(11-19-20)17-21-14(2,3)15(4,5)22-17/h1,11-12,18H,7-10H2,2-5H3. The highest BCUT2D eigenvalue weighted by atomic mass is 16.7. The molecular formula is C16H24BN3O2. The molecule has 0 aliphatic carbocycles. The molecule has 0 atom stereocenters. The molecule has 0 unspecified atom stereocenters. The zero-order valence-corrected chi connectivity index (χ0v) is 13.8. The van der Waals surface area contributed by atoms with Crippen molar-refractivity contribution in [2.45, 2.75) is 57.3 Å². The lowest BCUT2D eigenvalue weighted by Crippen LogP contribution is -2.44. The molecule has 0 aromatic carbocycles. The van der Waals surface area contributed by atoms with Crippen LogP contribution in [-0.4, -0.2) is 41.2 Å². The molecule has 2 saturated heterocycles. The number of nitrogens with zero attached hydrogens (tertiary/aromatic N) is 2. The molecule has 0 radical (unpaired) electrons. The van der Waals surface area contributed by atoms with E-state index in [0.717, 1.165) is 31.4 Å². The Morgan fingerprint density at radius 2 is 1.82 bits per heavy atom. The molecule has 0 amide bonds. The molecule has 118 valence electrons. The highest BCUT2D eigenvalue weighted by Gasteiger charge is 2.52. The van der Waals surface area contributed by atoms with Gasteiger partial charge in [0, 0.05) is 17.9 Å². The summed E-state index contributed by atoms with van der Waals surface area (Å²) in [5.74, 6) is 2.95. The molecule has 6 heteroatoms. The first-order valence-corrected chi connectivity index (χ1v) is 7.89. The number of hydrogen-bond acceptors (Lipinski definition) is 4. The summed E-state index contributed by atoms with van der Waals surface area (Å²) in [6.07, 6.45) is 11.4. The van der Waals surface area contributed by atoms with Crippen LogP contribution < -0.4 is 10.8 Å². The normalized spacial score (nSPS) is 25.9. The van der Waals surface area contributed by atoms with Crippen LogP contribution in [0.3, 0.4) is 0 Å². The molecule has 2 fully saturated rings. The van der Waals surface area contributed by atoms with E-state index in [-0.39, 0.29) is 16.7 Å². The van der Waals surface area contributed by atoms with E-state index in [0.29, 0.717) is 0 Å². The van der Waals surface area contributed by atoms with Crippen molar-refractivity contribution in [1.82, 2.24) is 15.1 Å². The molecule has 0 saturated carbocycles. The lowest BCUT2D eigenvalue weighted by atomic mass is 9.81. The Morgan fingerprint density at radius 1 is 1.23 bits per heavy atom. The Morgan fingerprint density at radius 3 is 2.36 bits per heavy atom. The summed E-state index contributed by atoms with van der Waals surface area (Å²) < 4.78 is 14.1. The highest BCUT2D eigenvalue weighted by molar-refractivity contribution is 6.62. The quantitative estimate of drug-likeness (QED) is 0.651. The van der Waals surface area contributed by atoms with Crippen molar-refractivity contribution >= 4 is 12.6 Å². The molecule has 0 spiro atoms. The second-order valence-corrected chi connectivity index (χ2v) is 7.23. The Hall–Kier alpha value is -1.29. The van der Waals surface area contributed by atoms with Gasteiger partial charge in [0.1, 0.15) is 5.54 Å². The number of piperidine rings is 1.